The molecule has 112 valence electrons. The number of thiophene rings is 1. The fraction of sp³-hybridized carbons (Fsp3) is 0.0769. The highest BCUT2D eigenvalue weighted by atomic mass is 32.2. The average molecular weight is 351 g/mol. The molecule has 2 heterocycles. The maximum Gasteiger partial charge on any atom is 0.324 e. The van der Waals surface area contributed by atoms with Crippen molar-refractivity contribution in [2.45, 2.75) is 4.90 Å². The van der Waals surface area contributed by atoms with Crippen LogP contribution in [0.4, 0.5) is 10.1 Å². The second-order valence-corrected chi connectivity index (χ2v) is 7.17. The summed E-state index contributed by atoms with van der Waals surface area (Å²) in [6.07, 6.45) is 1.99. The van der Waals surface area contributed by atoms with Gasteiger partial charge in [0, 0.05) is 11.0 Å². The molecule has 1 aromatic carbocycles. The molecule has 9 heteroatoms. The summed E-state index contributed by atoms with van der Waals surface area (Å²) in [5.41, 5.74) is 0.815. The van der Waals surface area contributed by atoms with Crippen LogP contribution in [-0.4, -0.2) is 22.1 Å². The molecule has 6 nitrogen and oxygen atoms in total. The van der Waals surface area contributed by atoms with Gasteiger partial charge in [-0.2, -0.15) is 0 Å². The Balaban J connectivity index is 1.82. The number of carbonyl (C=O) groups excluding carboxylic acids is 1. The molecule has 0 spiro atoms. The highest BCUT2D eigenvalue weighted by molar-refractivity contribution is 7.98. The molecule has 0 saturated carbocycles. The highest BCUT2D eigenvalue weighted by Crippen LogP contribution is 2.30. The number of rotatable bonds is 4. The smallest absolute Gasteiger partial charge is 0.297 e. The van der Waals surface area contributed by atoms with Gasteiger partial charge in [-0.3, -0.25) is 20.2 Å². The van der Waals surface area contributed by atoms with E-state index in [2.05, 4.69) is 10.3 Å². The van der Waals surface area contributed by atoms with Crippen LogP contribution in [0.1, 0.15) is 9.67 Å². The Kier molecular flexibility index (Phi) is 4.10. The number of amides is 1. The summed E-state index contributed by atoms with van der Waals surface area (Å²) in [5, 5.41) is 13.8. The summed E-state index contributed by atoms with van der Waals surface area (Å²) in [6, 6.07) is 8.66. The van der Waals surface area contributed by atoms with Gasteiger partial charge in [-0.15, -0.1) is 11.8 Å². The van der Waals surface area contributed by atoms with Gasteiger partial charge in [0.1, 0.15) is 0 Å². The van der Waals surface area contributed by atoms with E-state index in [1.165, 1.54) is 23.5 Å². The Morgan fingerprint density at radius 3 is 2.82 bits per heavy atom. The average Bonchev–Trinajstić information content (AvgIpc) is 3.12. The molecule has 0 bridgehead atoms. The fourth-order valence-electron chi connectivity index (χ4n) is 1.79. The first kappa shape index (κ1) is 14.9. The predicted molar refractivity (Wildman–Crippen MR) is 90.3 cm³/mol. The quantitative estimate of drug-likeness (QED) is 0.432. The Hall–Kier alpha value is -1.97. The van der Waals surface area contributed by atoms with Gasteiger partial charge in [-0.25, -0.2) is 4.98 Å². The monoisotopic (exact) mass is 351 g/mol. The van der Waals surface area contributed by atoms with E-state index in [9.17, 15) is 14.9 Å². The molecule has 3 rings (SSSR count). The van der Waals surface area contributed by atoms with Crippen LogP contribution in [0.15, 0.2) is 35.2 Å². The van der Waals surface area contributed by atoms with Gasteiger partial charge < -0.3 is 0 Å². The molecule has 0 fully saturated rings. The zero-order valence-corrected chi connectivity index (χ0v) is 13.7. The van der Waals surface area contributed by atoms with Crippen molar-refractivity contribution in [1.82, 2.24) is 4.98 Å². The third-order valence-electron chi connectivity index (χ3n) is 2.81. The highest BCUT2D eigenvalue weighted by Gasteiger charge is 2.16. The van der Waals surface area contributed by atoms with Crippen molar-refractivity contribution in [3.63, 3.8) is 0 Å². The van der Waals surface area contributed by atoms with Crippen LogP contribution in [0, 0.1) is 10.1 Å². The van der Waals surface area contributed by atoms with Crippen LogP contribution in [-0.2, 0) is 0 Å². The van der Waals surface area contributed by atoms with Crippen LogP contribution < -0.4 is 5.32 Å². The van der Waals surface area contributed by atoms with E-state index in [1.54, 1.807) is 11.8 Å². The minimum atomic E-state index is -0.511. The van der Waals surface area contributed by atoms with Gasteiger partial charge in [0.2, 0.25) is 0 Å². The lowest BCUT2D eigenvalue weighted by Gasteiger charge is -1.96. The maximum absolute atomic E-state index is 12.1. The summed E-state index contributed by atoms with van der Waals surface area (Å²) >= 11 is 3.86. The molecule has 1 amide bonds. The van der Waals surface area contributed by atoms with Crippen LogP contribution >= 0.6 is 34.4 Å². The molecule has 0 radical (unpaired) electrons. The minimum absolute atomic E-state index is 0.0564. The van der Waals surface area contributed by atoms with Crippen molar-refractivity contribution in [2.24, 2.45) is 0 Å². The number of benzene rings is 1. The molecule has 3 aromatic rings. The first-order chi connectivity index (χ1) is 10.6. The maximum atomic E-state index is 12.1. The van der Waals surface area contributed by atoms with Crippen LogP contribution in [0.2, 0.25) is 0 Å². The molecule has 0 atom stereocenters. The van der Waals surface area contributed by atoms with E-state index in [-0.39, 0.29) is 15.8 Å². The molecule has 0 aliphatic carbocycles. The van der Waals surface area contributed by atoms with E-state index >= 15 is 0 Å². The number of hydrogen-bond donors (Lipinski definition) is 1. The van der Waals surface area contributed by atoms with Gasteiger partial charge in [0.15, 0.2) is 5.13 Å². The topological polar surface area (TPSA) is 85.1 Å². The second-order valence-electron chi connectivity index (χ2n) is 4.20. The predicted octanol–water partition coefficient (Wildman–Crippen LogP) is 4.24. The Morgan fingerprint density at radius 1 is 1.32 bits per heavy atom. The van der Waals surface area contributed by atoms with Gasteiger partial charge >= 0.3 is 5.00 Å². The lowest BCUT2D eigenvalue weighted by Crippen LogP contribution is -2.09. The van der Waals surface area contributed by atoms with Crippen LogP contribution in [0.25, 0.3) is 10.2 Å². The van der Waals surface area contributed by atoms with Gasteiger partial charge in [0.25, 0.3) is 5.91 Å². The summed E-state index contributed by atoms with van der Waals surface area (Å²) in [5.74, 6) is -0.387. The number of thiazole rings is 1. The van der Waals surface area contributed by atoms with E-state index < -0.39 is 4.92 Å². The van der Waals surface area contributed by atoms with Gasteiger partial charge in [-0.05, 0) is 30.5 Å². The number of nitrogens with zero attached hydrogens (tertiary/aromatic N) is 2. The number of hydrogen-bond acceptors (Lipinski definition) is 7. The van der Waals surface area contributed by atoms with E-state index in [0.717, 1.165) is 26.4 Å². The van der Waals surface area contributed by atoms with E-state index in [1.807, 2.05) is 24.5 Å². The fourth-order valence-corrected chi connectivity index (χ4v) is 3.92. The van der Waals surface area contributed by atoms with E-state index in [4.69, 9.17) is 0 Å². The molecule has 0 aliphatic heterocycles. The van der Waals surface area contributed by atoms with Crippen molar-refractivity contribution in [3.05, 3.63) is 45.3 Å². The minimum Gasteiger partial charge on any atom is -0.297 e. The zero-order chi connectivity index (χ0) is 15.7. The number of fused-ring (bicyclic) bond motifs is 1. The first-order valence-corrected chi connectivity index (χ1v) is 8.93. The summed E-state index contributed by atoms with van der Waals surface area (Å²) < 4.78 is 0.985. The van der Waals surface area contributed by atoms with Crippen molar-refractivity contribution >= 4 is 60.7 Å². The van der Waals surface area contributed by atoms with Crippen molar-refractivity contribution in [1.29, 1.82) is 0 Å². The number of anilines is 1. The zero-order valence-electron chi connectivity index (χ0n) is 11.2. The molecular formula is C13H9N3O3S3. The SMILES string of the molecule is CSc1ccc2nc(NC(=O)c3ccc([N+](=O)[O-])s3)sc2c1. The van der Waals surface area contributed by atoms with Crippen LogP contribution in [0.5, 0.6) is 0 Å². The lowest BCUT2D eigenvalue weighted by atomic mass is 10.3. The number of aromatic nitrogens is 1. The van der Waals surface area contributed by atoms with Gasteiger partial charge in [-0.1, -0.05) is 22.7 Å². The number of carbonyl (C=O) groups is 1. The molecule has 1 N–H and O–H groups in total. The summed E-state index contributed by atoms with van der Waals surface area (Å²) in [7, 11) is 0. The molecule has 0 saturated heterocycles. The lowest BCUT2D eigenvalue weighted by molar-refractivity contribution is -0.380. The van der Waals surface area contributed by atoms with E-state index in [0.29, 0.717) is 5.13 Å². The normalized spacial score (nSPS) is 10.8. The molecule has 2 aromatic heterocycles. The van der Waals surface area contributed by atoms with Crippen molar-refractivity contribution in [2.75, 3.05) is 11.6 Å². The first-order valence-electron chi connectivity index (χ1n) is 6.07. The third-order valence-corrected chi connectivity index (χ3v) is 5.51. The van der Waals surface area contributed by atoms with Crippen molar-refractivity contribution in [3.8, 4) is 0 Å². The molecular weight excluding hydrogens is 342 g/mol. The van der Waals surface area contributed by atoms with Crippen LogP contribution in [0.3, 0.4) is 0 Å². The standard InChI is InChI=1S/C13H9N3O3S3/c1-20-7-2-3-8-10(6-7)22-13(14-8)15-12(17)9-4-5-11(21-9)16(18)19/h2-6H,1H3,(H,14,15,17). The summed E-state index contributed by atoms with van der Waals surface area (Å²) in [4.78, 5) is 28.0. The Bertz CT molecular complexity index is 872. The molecule has 0 unspecified atom stereocenters. The summed E-state index contributed by atoms with van der Waals surface area (Å²) in [6.45, 7) is 0. The molecule has 22 heavy (non-hydrogen) atoms. The van der Waals surface area contributed by atoms with Crippen molar-refractivity contribution < 1.29 is 9.72 Å². The third kappa shape index (κ3) is 2.96. The number of nitro groups is 1. The Morgan fingerprint density at radius 2 is 2.14 bits per heavy atom. The molecule has 0 aliphatic rings. The largest absolute Gasteiger partial charge is 0.324 e. The Labute approximate surface area is 137 Å². The number of thioether (sulfide) groups is 1. The van der Waals surface area contributed by atoms with Gasteiger partial charge in [0.05, 0.1) is 20.0 Å². The second kappa shape index (κ2) is 6.03. The number of nitrogens with one attached hydrogen (secondary N) is 1.